The number of nitrogens with one attached hydrogen (secondary N) is 1. The van der Waals surface area contributed by atoms with E-state index in [2.05, 4.69) is 5.32 Å². The van der Waals surface area contributed by atoms with E-state index in [1.54, 1.807) is 4.90 Å². The van der Waals surface area contributed by atoms with Gasteiger partial charge in [0.05, 0.1) is 6.10 Å². The molecule has 3 unspecified atom stereocenters. The van der Waals surface area contributed by atoms with E-state index in [9.17, 15) is 9.90 Å². The van der Waals surface area contributed by atoms with Crippen molar-refractivity contribution in [3.8, 4) is 0 Å². The zero-order valence-electron chi connectivity index (χ0n) is 11.7. The number of carbonyl (C=O) groups excluding carboxylic acids is 1. The number of rotatable bonds is 2. The Morgan fingerprint density at radius 3 is 2.63 bits per heavy atom. The average Bonchev–Trinajstić information content (AvgIpc) is 3.19. The van der Waals surface area contributed by atoms with Gasteiger partial charge in [-0.1, -0.05) is 32.1 Å². The highest BCUT2D eigenvalue weighted by Crippen LogP contribution is 2.44. The molecule has 2 amide bonds. The fraction of sp³-hybridized carbons (Fsp3) is 0.933. The van der Waals surface area contributed by atoms with Crippen molar-refractivity contribution in [1.82, 2.24) is 10.2 Å². The molecule has 3 fully saturated rings. The second-order valence-electron chi connectivity index (χ2n) is 6.60. The summed E-state index contributed by atoms with van der Waals surface area (Å²) in [5.74, 6) is 1.59. The first kappa shape index (κ1) is 13.2. The van der Waals surface area contributed by atoms with Crippen molar-refractivity contribution in [1.29, 1.82) is 0 Å². The van der Waals surface area contributed by atoms with E-state index < -0.39 is 0 Å². The number of likely N-dealkylation sites (tertiary alicyclic amines) is 1. The fourth-order valence-corrected chi connectivity index (χ4v) is 3.85. The minimum absolute atomic E-state index is 0.0436. The normalized spacial score (nSPS) is 36.1. The number of amides is 2. The summed E-state index contributed by atoms with van der Waals surface area (Å²) < 4.78 is 0. The standard InChI is InChI=1S/C15H26N2O2/c18-12-7-4-8-17(10-12)15(19)16-14-9-13(14)11-5-2-1-3-6-11/h11-14,18H,1-10H2,(H,16,19). The highest BCUT2D eigenvalue weighted by atomic mass is 16.3. The minimum atomic E-state index is -0.326. The van der Waals surface area contributed by atoms with E-state index in [1.807, 2.05) is 0 Å². The molecule has 1 heterocycles. The van der Waals surface area contributed by atoms with Crippen molar-refractivity contribution in [2.75, 3.05) is 13.1 Å². The molecule has 3 atom stereocenters. The Labute approximate surface area is 115 Å². The molecule has 3 aliphatic rings. The molecule has 0 aromatic heterocycles. The van der Waals surface area contributed by atoms with Crippen LogP contribution in [0.3, 0.4) is 0 Å². The molecular formula is C15H26N2O2. The molecule has 2 N–H and O–H groups in total. The van der Waals surface area contributed by atoms with Crippen molar-refractivity contribution in [2.24, 2.45) is 11.8 Å². The third kappa shape index (κ3) is 3.22. The molecular weight excluding hydrogens is 240 g/mol. The molecule has 2 saturated carbocycles. The lowest BCUT2D eigenvalue weighted by Crippen LogP contribution is -2.48. The number of hydrogen-bond donors (Lipinski definition) is 2. The molecule has 1 aliphatic heterocycles. The number of aliphatic hydroxyl groups excluding tert-OH is 1. The van der Waals surface area contributed by atoms with Crippen LogP contribution in [0.1, 0.15) is 51.4 Å². The van der Waals surface area contributed by atoms with Gasteiger partial charge in [-0.05, 0) is 31.1 Å². The molecule has 108 valence electrons. The number of piperidine rings is 1. The molecule has 0 aromatic rings. The van der Waals surface area contributed by atoms with Gasteiger partial charge in [0.1, 0.15) is 0 Å². The summed E-state index contributed by atoms with van der Waals surface area (Å²) in [7, 11) is 0. The van der Waals surface area contributed by atoms with E-state index in [1.165, 1.54) is 38.5 Å². The summed E-state index contributed by atoms with van der Waals surface area (Å²) >= 11 is 0. The quantitative estimate of drug-likeness (QED) is 0.804. The maximum Gasteiger partial charge on any atom is 0.317 e. The number of urea groups is 1. The van der Waals surface area contributed by atoms with E-state index in [-0.39, 0.29) is 12.1 Å². The summed E-state index contributed by atoms with van der Waals surface area (Å²) in [4.78, 5) is 13.9. The Hall–Kier alpha value is -0.770. The molecule has 0 radical (unpaired) electrons. The number of hydrogen-bond acceptors (Lipinski definition) is 2. The maximum absolute atomic E-state index is 12.1. The van der Waals surface area contributed by atoms with E-state index in [0.717, 1.165) is 31.2 Å². The third-order valence-electron chi connectivity index (χ3n) is 5.09. The predicted molar refractivity (Wildman–Crippen MR) is 73.8 cm³/mol. The van der Waals surface area contributed by atoms with Crippen LogP contribution in [0.5, 0.6) is 0 Å². The summed E-state index contributed by atoms with van der Waals surface area (Å²) in [5, 5.41) is 12.8. The van der Waals surface area contributed by atoms with Gasteiger partial charge in [0, 0.05) is 19.1 Å². The van der Waals surface area contributed by atoms with Crippen molar-refractivity contribution < 1.29 is 9.90 Å². The second-order valence-corrected chi connectivity index (χ2v) is 6.60. The van der Waals surface area contributed by atoms with Crippen LogP contribution in [-0.2, 0) is 0 Å². The average molecular weight is 266 g/mol. The summed E-state index contributed by atoms with van der Waals surface area (Å²) in [6.45, 7) is 1.30. The topological polar surface area (TPSA) is 52.6 Å². The largest absolute Gasteiger partial charge is 0.391 e. The molecule has 0 aromatic carbocycles. The van der Waals surface area contributed by atoms with Crippen LogP contribution >= 0.6 is 0 Å². The van der Waals surface area contributed by atoms with Gasteiger partial charge in [-0.2, -0.15) is 0 Å². The first-order valence-electron chi connectivity index (χ1n) is 7.97. The number of β-amino-alcohol motifs (C(OH)–C–C–N with tert-alkyl or cyclic N) is 1. The van der Waals surface area contributed by atoms with Crippen LogP contribution < -0.4 is 5.32 Å². The zero-order valence-corrected chi connectivity index (χ0v) is 11.7. The van der Waals surface area contributed by atoms with Crippen molar-refractivity contribution >= 4 is 6.03 Å². The van der Waals surface area contributed by atoms with Gasteiger partial charge in [0.2, 0.25) is 0 Å². The van der Waals surface area contributed by atoms with Gasteiger partial charge in [-0.25, -0.2) is 4.79 Å². The molecule has 0 spiro atoms. The molecule has 4 heteroatoms. The van der Waals surface area contributed by atoms with Crippen molar-refractivity contribution in [3.05, 3.63) is 0 Å². The Morgan fingerprint density at radius 2 is 1.89 bits per heavy atom. The lowest BCUT2D eigenvalue weighted by atomic mass is 9.85. The molecule has 3 rings (SSSR count). The van der Waals surface area contributed by atoms with Gasteiger partial charge < -0.3 is 15.3 Å². The van der Waals surface area contributed by atoms with Gasteiger partial charge in [0.25, 0.3) is 0 Å². The first-order valence-corrected chi connectivity index (χ1v) is 7.97. The molecule has 2 aliphatic carbocycles. The Balaban J connectivity index is 1.43. The highest BCUT2D eigenvalue weighted by Gasteiger charge is 2.44. The van der Waals surface area contributed by atoms with E-state index in [4.69, 9.17) is 0 Å². The first-order chi connectivity index (χ1) is 9.24. The molecule has 1 saturated heterocycles. The summed E-state index contributed by atoms with van der Waals surface area (Å²) in [6, 6.07) is 0.455. The number of carbonyl (C=O) groups is 1. The molecule has 19 heavy (non-hydrogen) atoms. The second kappa shape index (κ2) is 5.70. The van der Waals surface area contributed by atoms with Crippen molar-refractivity contribution in [3.63, 3.8) is 0 Å². The van der Waals surface area contributed by atoms with Gasteiger partial charge >= 0.3 is 6.03 Å². The van der Waals surface area contributed by atoms with Crippen LogP contribution in [0.2, 0.25) is 0 Å². The summed E-state index contributed by atoms with van der Waals surface area (Å²) in [5.41, 5.74) is 0. The zero-order chi connectivity index (χ0) is 13.2. The summed E-state index contributed by atoms with van der Waals surface area (Å²) in [6.07, 6.45) is 9.47. The SMILES string of the molecule is O=C(NC1CC1C1CCCCC1)N1CCCC(O)C1. The van der Waals surface area contributed by atoms with Crippen LogP contribution in [0.4, 0.5) is 4.79 Å². The minimum Gasteiger partial charge on any atom is -0.391 e. The predicted octanol–water partition coefficient (Wildman–Crippen LogP) is 2.12. The lowest BCUT2D eigenvalue weighted by Gasteiger charge is -2.30. The molecule has 0 bridgehead atoms. The Bertz CT molecular complexity index is 328. The molecule has 4 nitrogen and oxygen atoms in total. The van der Waals surface area contributed by atoms with Gasteiger partial charge in [-0.15, -0.1) is 0 Å². The van der Waals surface area contributed by atoms with Crippen LogP contribution in [0.15, 0.2) is 0 Å². The highest BCUT2D eigenvalue weighted by molar-refractivity contribution is 5.75. The van der Waals surface area contributed by atoms with Crippen LogP contribution in [0, 0.1) is 11.8 Å². The Kier molecular flexibility index (Phi) is 3.96. The van der Waals surface area contributed by atoms with Crippen LogP contribution in [0.25, 0.3) is 0 Å². The van der Waals surface area contributed by atoms with Gasteiger partial charge in [-0.3, -0.25) is 0 Å². The van der Waals surface area contributed by atoms with Gasteiger partial charge in [0.15, 0.2) is 0 Å². The number of nitrogens with zero attached hydrogens (tertiary/aromatic N) is 1. The number of aliphatic hydroxyl groups is 1. The van der Waals surface area contributed by atoms with E-state index in [0.29, 0.717) is 12.6 Å². The van der Waals surface area contributed by atoms with Crippen molar-refractivity contribution in [2.45, 2.75) is 63.5 Å². The third-order valence-corrected chi connectivity index (χ3v) is 5.09. The monoisotopic (exact) mass is 266 g/mol. The van der Waals surface area contributed by atoms with Crippen LogP contribution in [-0.4, -0.2) is 41.3 Å². The maximum atomic E-state index is 12.1. The van der Waals surface area contributed by atoms with E-state index >= 15 is 0 Å². The lowest BCUT2D eigenvalue weighted by molar-refractivity contribution is 0.0839. The fourth-order valence-electron chi connectivity index (χ4n) is 3.85. The smallest absolute Gasteiger partial charge is 0.317 e. The Morgan fingerprint density at radius 1 is 1.11 bits per heavy atom.